The van der Waals surface area contributed by atoms with E-state index in [0.29, 0.717) is 23.9 Å². The van der Waals surface area contributed by atoms with Gasteiger partial charge in [-0.3, -0.25) is 4.68 Å². The first kappa shape index (κ1) is 17.2. The van der Waals surface area contributed by atoms with Crippen LogP contribution >= 0.6 is 0 Å². The zero-order chi connectivity index (χ0) is 15.1. The first-order valence-corrected chi connectivity index (χ1v) is 8.26. The zero-order valence-corrected chi connectivity index (χ0v) is 14.2. The number of aromatic nitrogens is 2. The molecule has 1 heterocycles. The molecule has 0 bridgehead atoms. The molecule has 20 heavy (non-hydrogen) atoms. The average molecular weight is 279 g/mol. The Labute approximate surface area is 125 Å². The van der Waals surface area contributed by atoms with Crippen LogP contribution in [0.1, 0.15) is 66.1 Å². The number of nitrogens with one attached hydrogen (secondary N) is 1. The number of nitrogens with zero attached hydrogens (tertiary/aromatic N) is 2. The van der Waals surface area contributed by atoms with Gasteiger partial charge in [-0.05, 0) is 57.6 Å². The van der Waals surface area contributed by atoms with Crippen LogP contribution in [-0.2, 0) is 6.42 Å². The van der Waals surface area contributed by atoms with E-state index >= 15 is 0 Å². The largest absolute Gasteiger partial charge is 0.314 e. The maximum atomic E-state index is 4.75. The lowest BCUT2D eigenvalue weighted by atomic mass is 9.85. The highest BCUT2D eigenvalue weighted by Crippen LogP contribution is 2.21. The summed E-state index contributed by atoms with van der Waals surface area (Å²) in [4.78, 5) is 0. The molecule has 1 N–H and O–H groups in total. The van der Waals surface area contributed by atoms with Crippen LogP contribution in [0.25, 0.3) is 0 Å². The second-order valence-corrected chi connectivity index (χ2v) is 6.40. The van der Waals surface area contributed by atoms with E-state index in [9.17, 15) is 0 Å². The molecule has 0 fully saturated rings. The van der Waals surface area contributed by atoms with E-state index in [0.717, 1.165) is 19.4 Å². The molecule has 3 atom stereocenters. The number of rotatable bonds is 9. The fourth-order valence-electron chi connectivity index (χ4n) is 2.67. The summed E-state index contributed by atoms with van der Waals surface area (Å²) in [6.07, 6.45) is 5.52. The first-order chi connectivity index (χ1) is 9.49. The van der Waals surface area contributed by atoms with Gasteiger partial charge in [-0.2, -0.15) is 5.10 Å². The molecule has 0 saturated carbocycles. The standard InChI is InChI=1S/C17H33N3/c1-7-10-18-15(6)17(13(3)4)12-16-9-11-20(19-16)14(5)8-2/h9,11,13-15,17-18H,7-8,10,12H2,1-6H3. The van der Waals surface area contributed by atoms with Gasteiger partial charge < -0.3 is 5.32 Å². The summed E-state index contributed by atoms with van der Waals surface area (Å²) in [6.45, 7) is 14.7. The summed E-state index contributed by atoms with van der Waals surface area (Å²) in [6, 6.07) is 3.23. The van der Waals surface area contributed by atoms with Crippen LogP contribution in [0.4, 0.5) is 0 Å². The molecule has 1 aromatic rings. The van der Waals surface area contributed by atoms with Crippen LogP contribution in [0.15, 0.2) is 12.3 Å². The second kappa shape index (κ2) is 8.46. The predicted molar refractivity (Wildman–Crippen MR) is 87.0 cm³/mol. The van der Waals surface area contributed by atoms with Gasteiger partial charge >= 0.3 is 0 Å². The fraction of sp³-hybridized carbons (Fsp3) is 0.824. The Morgan fingerprint density at radius 3 is 2.45 bits per heavy atom. The molecule has 0 radical (unpaired) electrons. The van der Waals surface area contributed by atoms with Crippen molar-refractivity contribution in [2.24, 2.45) is 11.8 Å². The topological polar surface area (TPSA) is 29.9 Å². The predicted octanol–water partition coefficient (Wildman–Crippen LogP) is 4.06. The summed E-state index contributed by atoms with van der Waals surface area (Å²) in [5.41, 5.74) is 1.23. The summed E-state index contributed by atoms with van der Waals surface area (Å²) >= 11 is 0. The van der Waals surface area contributed by atoms with Gasteiger partial charge in [0, 0.05) is 18.3 Å². The lowest BCUT2D eigenvalue weighted by Gasteiger charge is -2.28. The highest BCUT2D eigenvalue weighted by atomic mass is 15.3. The van der Waals surface area contributed by atoms with Gasteiger partial charge in [0.15, 0.2) is 0 Å². The Morgan fingerprint density at radius 2 is 1.90 bits per heavy atom. The van der Waals surface area contributed by atoms with Crippen molar-refractivity contribution in [1.29, 1.82) is 0 Å². The van der Waals surface area contributed by atoms with E-state index in [1.54, 1.807) is 0 Å². The van der Waals surface area contributed by atoms with Crippen LogP contribution in [-0.4, -0.2) is 22.4 Å². The SMILES string of the molecule is CCCNC(C)C(Cc1ccn(C(C)CC)n1)C(C)C. The van der Waals surface area contributed by atoms with E-state index in [2.05, 4.69) is 63.8 Å². The molecule has 3 unspecified atom stereocenters. The van der Waals surface area contributed by atoms with Crippen molar-refractivity contribution in [3.05, 3.63) is 18.0 Å². The Hall–Kier alpha value is -0.830. The Kier molecular flexibility index (Phi) is 7.28. The molecule has 1 aromatic heterocycles. The maximum Gasteiger partial charge on any atom is 0.0628 e. The highest BCUT2D eigenvalue weighted by molar-refractivity contribution is 5.02. The second-order valence-electron chi connectivity index (χ2n) is 6.40. The number of hydrogen-bond acceptors (Lipinski definition) is 2. The van der Waals surface area contributed by atoms with Crippen molar-refractivity contribution < 1.29 is 0 Å². The number of hydrogen-bond donors (Lipinski definition) is 1. The summed E-state index contributed by atoms with van der Waals surface area (Å²) < 4.78 is 2.11. The van der Waals surface area contributed by atoms with Crippen molar-refractivity contribution in [1.82, 2.24) is 15.1 Å². The third kappa shape index (κ3) is 4.93. The van der Waals surface area contributed by atoms with Crippen molar-refractivity contribution in [2.45, 2.75) is 72.9 Å². The lowest BCUT2D eigenvalue weighted by molar-refractivity contribution is 0.286. The van der Waals surface area contributed by atoms with Gasteiger partial charge in [-0.15, -0.1) is 0 Å². The summed E-state index contributed by atoms with van der Waals surface area (Å²) in [5.74, 6) is 1.31. The van der Waals surface area contributed by atoms with Crippen LogP contribution in [0.3, 0.4) is 0 Å². The average Bonchev–Trinajstić information content (AvgIpc) is 2.89. The minimum atomic E-state index is 0.497. The molecule has 3 heteroatoms. The van der Waals surface area contributed by atoms with E-state index in [1.165, 1.54) is 12.1 Å². The van der Waals surface area contributed by atoms with Gasteiger partial charge in [-0.1, -0.05) is 27.7 Å². The molecule has 116 valence electrons. The summed E-state index contributed by atoms with van der Waals surface area (Å²) in [7, 11) is 0. The summed E-state index contributed by atoms with van der Waals surface area (Å²) in [5, 5.41) is 8.39. The third-order valence-corrected chi connectivity index (χ3v) is 4.37. The molecule has 0 amide bonds. The van der Waals surface area contributed by atoms with E-state index in [-0.39, 0.29) is 0 Å². The third-order valence-electron chi connectivity index (χ3n) is 4.37. The Bertz CT molecular complexity index is 370. The minimum absolute atomic E-state index is 0.497. The molecule has 1 rings (SSSR count). The molecule has 0 aliphatic rings. The minimum Gasteiger partial charge on any atom is -0.314 e. The Balaban J connectivity index is 2.68. The molecule has 0 aromatic carbocycles. The molecular weight excluding hydrogens is 246 g/mol. The Morgan fingerprint density at radius 1 is 1.20 bits per heavy atom. The van der Waals surface area contributed by atoms with Gasteiger partial charge in [0.1, 0.15) is 0 Å². The molecule has 0 spiro atoms. The van der Waals surface area contributed by atoms with Crippen molar-refractivity contribution in [3.63, 3.8) is 0 Å². The maximum absolute atomic E-state index is 4.75. The smallest absolute Gasteiger partial charge is 0.0628 e. The molecule has 0 aliphatic carbocycles. The van der Waals surface area contributed by atoms with Crippen molar-refractivity contribution in [2.75, 3.05) is 6.54 Å². The fourth-order valence-corrected chi connectivity index (χ4v) is 2.67. The molecule has 3 nitrogen and oxygen atoms in total. The first-order valence-electron chi connectivity index (χ1n) is 8.26. The monoisotopic (exact) mass is 279 g/mol. The van der Waals surface area contributed by atoms with Crippen LogP contribution in [0.5, 0.6) is 0 Å². The van der Waals surface area contributed by atoms with Gasteiger partial charge in [-0.25, -0.2) is 0 Å². The molecule has 0 aliphatic heterocycles. The van der Waals surface area contributed by atoms with E-state index in [4.69, 9.17) is 5.10 Å². The quantitative estimate of drug-likeness (QED) is 0.739. The lowest BCUT2D eigenvalue weighted by Crippen LogP contribution is -2.37. The van der Waals surface area contributed by atoms with Crippen molar-refractivity contribution in [3.8, 4) is 0 Å². The van der Waals surface area contributed by atoms with Crippen molar-refractivity contribution >= 4 is 0 Å². The normalized spacial score (nSPS) is 16.4. The van der Waals surface area contributed by atoms with Crippen LogP contribution in [0, 0.1) is 11.8 Å². The van der Waals surface area contributed by atoms with Crippen LogP contribution < -0.4 is 5.32 Å². The highest BCUT2D eigenvalue weighted by Gasteiger charge is 2.22. The van der Waals surface area contributed by atoms with Crippen LogP contribution in [0.2, 0.25) is 0 Å². The van der Waals surface area contributed by atoms with E-state index in [1.807, 2.05) is 0 Å². The van der Waals surface area contributed by atoms with Gasteiger partial charge in [0.25, 0.3) is 0 Å². The van der Waals surface area contributed by atoms with E-state index < -0.39 is 0 Å². The molecule has 0 saturated heterocycles. The van der Waals surface area contributed by atoms with Gasteiger partial charge in [0.05, 0.1) is 5.69 Å². The van der Waals surface area contributed by atoms with Gasteiger partial charge in [0.2, 0.25) is 0 Å². The molecular formula is C17H33N3. The zero-order valence-electron chi connectivity index (χ0n) is 14.2.